The first-order valence-electron chi connectivity index (χ1n) is 5.85. The molecule has 0 aliphatic rings. The van der Waals surface area contributed by atoms with Crippen LogP contribution in [0.25, 0.3) is 0 Å². The number of pyridine rings is 1. The molecule has 0 N–H and O–H groups in total. The number of nitro benzene ring substituents is 1. The third-order valence-corrected chi connectivity index (χ3v) is 2.77. The van der Waals surface area contributed by atoms with Crippen molar-refractivity contribution in [3.05, 3.63) is 69.5 Å². The van der Waals surface area contributed by atoms with Crippen LogP contribution in [0, 0.1) is 10.1 Å². The smallest absolute Gasteiger partial charge is 0.338 e. The van der Waals surface area contributed by atoms with Gasteiger partial charge in [0.1, 0.15) is 0 Å². The van der Waals surface area contributed by atoms with E-state index in [1.54, 1.807) is 18.5 Å². The third-order valence-electron chi connectivity index (χ3n) is 2.77. The summed E-state index contributed by atoms with van der Waals surface area (Å²) in [6, 6.07) is 7.89. The van der Waals surface area contributed by atoms with E-state index in [2.05, 4.69) is 9.72 Å². The first-order chi connectivity index (χ1) is 9.60. The SMILES string of the molecule is COC(=O)c1cc(Cc2ccncc2)cc([N+](=O)[O-])c1. The van der Waals surface area contributed by atoms with Crippen LogP contribution in [0.3, 0.4) is 0 Å². The maximum absolute atomic E-state index is 11.5. The zero-order chi connectivity index (χ0) is 14.5. The van der Waals surface area contributed by atoms with Crippen molar-refractivity contribution in [3.63, 3.8) is 0 Å². The van der Waals surface area contributed by atoms with Gasteiger partial charge in [0.2, 0.25) is 0 Å². The normalized spacial score (nSPS) is 10.1. The van der Waals surface area contributed by atoms with Gasteiger partial charge in [-0.15, -0.1) is 0 Å². The first-order valence-corrected chi connectivity index (χ1v) is 5.85. The third kappa shape index (κ3) is 3.17. The molecule has 1 heterocycles. The number of hydrogen-bond donors (Lipinski definition) is 0. The summed E-state index contributed by atoms with van der Waals surface area (Å²) < 4.78 is 4.60. The molecule has 0 bridgehead atoms. The molecule has 102 valence electrons. The molecule has 0 amide bonds. The number of nitrogens with zero attached hydrogens (tertiary/aromatic N) is 2. The van der Waals surface area contributed by atoms with Crippen molar-refractivity contribution in [3.8, 4) is 0 Å². The highest BCUT2D eigenvalue weighted by Crippen LogP contribution is 2.20. The Labute approximate surface area is 115 Å². The summed E-state index contributed by atoms with van der Waals surface area (Å²) in [6.45, 7) is 0. The van der Waals surface area contributed by atoms with Crippen molar-refractivity contribution in [1.82, 2.24) is 4.98 Å². The highest BCUT2D eigenvalue weighted by molar-refractivity contribution is 5.90. The topological polar surface area (TPSA) is 82.3 Å². The molecule has 0 aliphatic carbocycles. The lowest BCUT2D eigenvalue weighted by Gasteiger charge is -2.05. The fourth-order valence-corrected chi connectivity index (χ4v) is 1.85. The Balaban J connectivity index is 2.39. The summed E-state index contributed by atoms with van der Waals surface area (Å²) in [7, 11) is 1.24. The molecule has 1 aromatic heterocycles. The second-order valence-corrected chi connectivity index (χ2v) is 4.17. The molecule has 0 fully saturated rings. The minimum atomic E-state index is -0.593. The molecule has 0 aliphatic heterocycles. The van der Waals surface area contributed by atoms with Gasteiger partial charge < -0.3 is 4.74 Å². The van der Waals surface area contributed by atoms with Gasteiger partial charge in [-0.05, 0) is 35.7 Å². The molecule has 0 saturated heterocycles. The second kappa shape index (κ2) is 5.92. The molecule has 20 heavy (non-hydrogen) atoms. The number of rotatable bonds is 4. The van der Waals surface area contributed by atoms with E-state index in [1.165, 1.54) is 19.2 Å². The van der Waals surface area contributed by atoms with Crippen LogP contribution >= 0.6 is 0 Å². The Bertz CT molecular complexity index is 641. The van der Waals surface area contributed by atoms with E-state index in [0.29, 0.717) is 12.0 Å². The Morgan fingerprint density at radius 1 is 1.25 bits per heavy atom. The minimum absolute atomic E-state index is 0.128. The van der Waals surface area contributed by atoms with Gasteiger partial charge in [-0.2, -0.15) is 0 Å². The number of benzene rings is 1. The van der Waals surface area contributed by atoms with E-state index in [1.807, 2.05) is 12.1 Å². The zero-order valence-electron chi connectivity index (χ0n) is 10.8. The number of carbonyl (C=O) groups is 1. The standard InChI is InChI=1S/C14H12N2O4/c1-20-14(17)12-7-11(8-13(9-12)16(18)19)6-10-2-4-15-5-3-10/h2-5,7-9H,6H2,1H3. The van der Waals surface area contributed by atoms with Crippen molar-refractivity contribution in [2.45, 2.75) is 6.42 Å². The number of methoxy groups -OCH3 is 1. The molecule has 1 aromatic carbocycles. The van der Waals surface area contributed by atoms with Gasteiger partial charge in [0, 0.05) is 24.5 Å². The van der Waals surface area contributed by atoms with E-state index in [9.17, 15) is 14.9 Å². The molecular formula is C14H12N2O4. The van der Waals surface area contributed by atoms with Gasteiger partial charge in [0.05, 0.1) is 17.6 Å². The van der Waals surface area contributed by atoms with Crippen molar-refractivity contribution in [2.24, 2.45) is 0 Å². The van der Waals surface area contributed by atoms with Gasteiger partial charge in [-0.1, -0.05) is 0 Å². The minimum Gasteiger partial charge on any atom is -0.465 e. The van der Waals surface area contributed by atoms with Crippen molar-refractivity contribution in [2.75, 3.05) is 7.11 Å². The molecule has 0 unspecified atom stereocenters. The monoisotopic (exact) mass is 272 g/mol. The predicted octanol–water partition coefficient (Wildman–Crippen LogP) is 2.37. The summed E-state index contributed by atoms with van der Waals surface area (Å²) in [5, 5.41) is 10.9. The summed E-state index contributed by atoms with van der Waals surface area (Å²) in [5.41, 5.74) is 1.67. The fourth-order valence-electron chi connectivity index (χ4n) is 1.85. The van der Waals surface area contributed by atoms with Crippen LogP contribution in [0.4, 0.5) is 5.69 Å². The van der Waals surface area contributed by atoms with Gasteiger partial charge in [0.25, 0.3) is 5.69 Å². The average molecular weight is 272 g/mol. The van der Waals surface area contributed by atoms with Crippen LogP contribution in [0.15, 0.2) is 42.7 Å². The maximum atomic E-state index is 11.5. The van der Waals surface area contributed by atoms with Gasteiger partial charge in [0.15, 0.2) is 0 Å². The largest absolute Gasteiger partial charge is 0.465 e. The highest BCUT2D eigenvalue weighted by atomic mass is 16.6. The fraction of sp³-hybridized carbons (Fsp3) is 0.143. The van der Waals surface area contributed by atoms with Crippen molar-refractivity contribution in [1.29, 1.82) is 0 Å². The number of carbonyl (C=O) groups excluding carboxylic acids is 1. The average Bonchev–Trinajstić information content (AvgIpc) is 2.47. The van der Waals surface area contributed by atoms with Crippen molar-refractivity contribution < 1.29 is 14.5 Å². The lowest BCUT2D eigenvalue weighted by atomic mass is 10.0. The van der Waals surface area contributed by atoms with Crippen LogP contribution in [0.1, 0.15) is 21.5 Å². The van der Waals surface area contributed by atoms with E-state index < -0.39 is 10.9 Å². The van der Waals surface area contributed by atoms with Gasteiger partial charge >= 0.3 is 5.97 Å². The number of aromatic nitrogens is 1. The summed E-state index contributed by atoms with van der Waals surface area (Å²) in [5.74, 6) is -0.593. The molecule has 6 nitrogen and oxygen atoms in total. The first kappa shape index (κ1) is 13.7. The number of hydrogen-bond acceptors (Lipinski definition) is 5. The van der Waals surface area contributed by atoms with Gasteiger partial charge in [-0.25, -0.2) is 4.79 Å². The van der Waals surface area contributed by atoms with Crippen molar-refractivity contribution >= 4 is 11.7 Å². The summed E-state index contributed by atoms with van der Waals surface area (Å²) in [4.78, 5) is 25.8. The lowest BCUT2D eigenvalue weighted by Crippen LogP contribution is -2.04. The van der Waals surface area contributed by atoms with E-state index in [0.717, 1.165) is 5.56 Å². The second-order valence-electron chi connectivity index (χ2n) is 4.17. The molecule has 2 rings (SSSR count). The summed E-state index contributed by atoms with van der Waals surface area (Å²) >= 11 is 0. The van der Waals surface area contributed by atoms with Crippen LogP contribution in [-0.4, -0.2) is 23.0 Å². The van der Waals surface area contributed by atoms with E-state index in [-0.39, 0.29) is 11.3 Å². The lowest BCUT2D eigenvalue weighted by molar-refractivity contribution is -0.384. The van der Waals surface area contributed by atoms with E-state index >= 15 is 0 Å². The number of nitro groups is 1. The Kier molecular flexibility index (Phi) is 4.05. The molecule has 6 heteroatoms. The molecule has 2 aromatic rings. The summed E-state index contributed by atoms with van der Waals surface area (Å²) in [6.07, 6.45) is 3.77. The maximum Gasteiger partial charge on any atom is 0.338 e. The number of ether oxygens (including phenoxy) is 1. The molecule has 0 spiro atoms. The Hall–Kier alpha value is -2.76. The molecule has 0 atom stereocenters. The number of non-ortho nitro benzene ring substituents is 1. The number of esters is 1. The highest BCUT2D eigenvalue weighted by Gasteiger charge is 2.15. The molecular weight excluding hydrogens is 260 g/mol. The Morgan fingerprint density at radius 3 is 2.55 bits per heavy atom. The van der Waals surface area contributed by atoms with Crippen LogP contribution in [-0.2, 0) is 11.2 Å². The van der Waals surface area contributed by atoms with Crippen LogP contribution in [0.2, 0.25) is 0 Å². The quantitative estimate of drug-likeness (QED) is 0.484. The molecule has 0 radical (unpaired) electrons. The van der Waals surface area contributed by atoms with E-state index in [4.69, 9.17) is 0 Å². The van der Waals surface area contributed by atoms with Crippen LogP contribution in [0.5, 0.6) is 0 Å². The Morgan fingerprint density at radius 2 is 1.95 bits per heavy atom. The molecule has 0 saturated carbocycles. The zero-order valence-corrected chi connectivity index (χ0v) is 10.8. The predicted molar refractivity (Wildman–Crippen MR) is 71.5 cm³/mol. The van der Waals surface area contributed by atoms with Gasteiger partial charge in [-0.3, -0.25) is 15.1 Å². The van der Waals surface area contributed by atoms with Crippen LogP contribution < -0.4 is 0 Å².